The van der Waals surface area contributed by atoms with Gasteiger partial charge in [-0.3, -0.25) is 4.79 Å². The molecule has 0 N–H and O–H groups in total. The number of carbonyl (C=O) groups is 1. The molecule has 150 valence electrons. The summed E-state index contributed by atoms with van der Waals surface area (Å²) in [4.78, 5) is 15.3. The van der Waals surface area contributed by atoms with Crippen LogP contribution in [0.3, 0.4) is 0 Å². The van der Waals surface area contributed by atoms with Crippen LogP contribution in [0.1, 0.15) is 31.4 Å². The first-order valence-corrected chi connectivity index (χ1v) is 10.6. The molecule has 0 saturated carbocycles. The van der Waals surface area contributed by atoms with Crippen molar-refractivity contribution < 1.29 is 14.3 Å². The summed E-state index contributed by atoms with van der Waals surface area (Å²) >= 11 is 1.64. The Morgan fingerprint density at radius 1 is 1.21 bits per heavy atom. The lowest BCUT2D eigenvalue weighted by Crippen LogP contribution is -2.24. The number of methoxy groups -OCH3 is 1. The third kappa shape index (κ3) is 6.06. The minimum atomic E-state index is -0.0637. The zero-order valence-electron chi connectivity index (χ0n) is 17.3. The summed E-state index contributed by atoms with van der Waals surface area (Å²) in [5.41, 5.74) is 1.93. The van der Waals surface area contributed by atoms with Crippen LogP contribution in [0.5, 0.6) is 11.5 Å². The number of carbonyl (C=O) groups excluding carboxylic acids is 1. The number of amides is 1. The van der Waals surface area contributed by atoms with Gasteiger partial charge in [-0.15, -0.1) is 11.8 Å². The van der Waals surface area contributed by atoms with Gasteiger partial charge >= 0.3 is 0 Å². The minimum absolute atomic E-state index is 0.0637. The maximum atomic E-state index is 12.6. The molecular weight excluding hydrogens is 370 g/mol. The lowest BCUT2D eigenvalue weighted by Gasteiger charge is -2.17. The summed E-state index contributed by atoms with van der Waals surface area (Å²) in [6.07, 6.45) is 6.48. The van der Waals surface area contributed by atoms with Crippen LogP contribution in [0.25, 0.3) is 6.08 Å². The topological polar surface area (TPSA) is 38.8 Å². The second-order valence-corrected chi connectivity index (χ2v) is 7.44. The van der Waals surface area contributed by atoms with Gasteiger partial charge in [-0.05, 0) is 49.4 Å². The quantitative estimate of drug-likeness (QED) is 0.425. The summed E-state index contributed by atoms with van der Waals surface area (Å²) < 4.78 is 11.4. The maximum absolute atomic E-state index is 12.6. The van der Waals surface area contributed by atoms with E-state index in [9.17, 15) is 4.79 Å². The van der Waals surface area contributed by atoms with Crippen molar-refractivity contribution in [2.45, 2.75) is 37.8 Å². The van der Waals surface area contributed by atoms with E-state index in [0.717, 1.165) is 33.9 Å². The Kier molecular flexibility index (Phi) is 8.45. The first-order valence-electron chi connectivity index (χ1n) is 9.38. The fourth-order valence-corrected chi connectivity index (χ4v) is 3.19. The average Bonchev–Trinajstić information content (AvgIpc) is 2.72. The van der Waals surface area contributed by atoms with Gasteiger partial charge in [-0.1, -0.05) is 31.2 Å². The molecule has 0 saturated heterocycles. The van der Waals surface area contributed by atoms with E-state index in [0.29, 0.717) is 6.54 Å². The largest absolute Gasteiger partial charge is 0.496 e. The van der Waals surface area contributed by atoms with Gasteiger partial charge in [-0.25, -0.2) is 0 Å². The third-order valence-corrected chi connectivity index (χ3v) is 5.25. The van der Waals surface area contributed by atoms with Gasteiger partial charge in [0.05, 0.1) is 13.2 Å². The normalized spacial score (nSPS) is 12.0. The van der Waals surface area contributed by atoms with Crippen molar-refractivity contribution in [3.63, 3.8) is 0 Å². The molecule has 0 bridgehead atoms. The molecule has 2 aromatic rings. The molecular formula is C23H29NO3S. The van der Waals surface area contributed by atoms with Crippen LogP contribution in [0.2, 0.25) is 0 Å². The van der Waals surface area contributed by atoms with Crippen LogP contribution in [0.4, 0.5) is 0 Å². The second kappa shape index (κ2) is 10.8. The first kappa shape index (κ1) is 21.9. The number of nitrogens with zero attached hydrogens (tertiary/aromatic N) is 1. The van der Waals surface area contributed by atoms with E-state index < -0.39 is 0 Å². The van der Waals surface area contributed by atoms with Crippen LogP contribution in [0, 0.1) is 0 Å². The fraction of sp³-hybridized carbons (Fsp3) is 0.348. The zero-order chi connectivity index (χ0) is 20.5. The molecule has 0 aliphatic rings. The number of thioether (sulfide) groups is 1. The number of hydrogen-bond acceptors (Lipinski definition) is 4. The highest BCUT2D eigenvalue weighted by molar-refractivity contribution is 7.98. The maximum Gasteiger partial charge on any atom is 0.246 e. The van der Waals surface area contributed by atoms with Crippen molar-refractivity contribution in [2.75, 3.05) is 20.4 Å². The van der Waals surface area contributed by atoms with E-state index >= 15 is 0 Å². The van der Waals surface area contributed by atoms with Crippen molar-refractivity contribution in [3.05, 3.63) is 59.7 Å². The Balaban J connectivity index is 2.07. The summed E-state index contributed by atoms with van der Waals surface area (Å²) in [6.45, 7) is 4.64. The molecule has 0 aromatic heterocycles. The highest BCUT2D eigenvalue weighted by Gasteiger charge is 2.10. The second-order valence-electron chi connectivity index (χ2n) is 6.59. The Morgan fingerprint density at radius 3 is 2.64 bits per heavy atom. The standard InChI is InChI=1S/C23H29NO3S/c1-6-17(2)27-20-10-8-7-9-19(20)12-14-23(25)24(3)16-18-11-13-22(28-5)21(15-18)26-4/h7-15,17H,6,16H2,1-5H3/b14-12+. The van der Waals surface area contributed by atoms with Gasteiger partial charge < -0.3 is 14.4 Å². The fourth-order valence-electron chi connectivity index (χ4n) is 2.64. The van der Waals surface area contributed by atoms with Crippen LogP contribution in [0.15, 0.2) is 53.4 Å². The number of benzene rings is 2. The molecule has 28 heavy (non-hydrogen) atoms. The molecule has 5 heteroatoms. The van der Waals surface area contributed by atoms with Crippen LogP contribution < -0.4 is 9.47 Å². The van der Waals surface area contributed by atoms with Gasteiger partial charge in [0, 0.05) is 30.1 Å². The number of hydrogen-bond donors (Lipinski definition) is 0. The SMILES string of the molecule is CCC(C)Oc1ccccc1/C=C/C(=O)N(C)Cc1ccc(SC)c(OC)c1. The predicted molar refractivity (Wildman–Crippen MR) is 117 cm³/mol. The molecule has 1 unspecified atom stereocenters. The molecule has 2 aromatic carbocycles. The molecule has 1 atom stereocenters. The molecule has 0 aliphatic carbocycles. The van der Waals surface area contributed by atoms with Crippen molar-refractivity contribution in [1.82, 2.24) is 4.90 Å². The van der Waals surface area contributed by atoms with E-state index in [1.807, 2.05) is 61.7 Å². The Labute approximate surface area is 172 Å². The van der Waals surface area contributed by atoms with Crippen LogP contribution >= 0.6 is 11.8 Å². The third-order valence-electron chi connectivity index (χ3n) is 4.47. The molecule has 2 rings (SSSR count). The van der Waals surface area contributed by atoms with E-state index in [2.05, 4.69) is 6.92 Å². The molecule has 1 amide bonds. The highest BCUT2D eigenvalue weighted by atomic mass is 32.2. The number of ether oxygens (including phenoxy) is 2. The van der Waals surface area contributed by atoms with Gasteiger partial charge in [0.25, 0.3) is 0 Å². The lowest BCUT2D eigenvalue weighted by molar-refractivity contribution is -0.125. The van der Waals surface area contributed by atoms with E-state index in [4.69, 9.17) is 9.47 Å². The summed E-state index contributed by atoms with van der Waals surface area (Å²) in [6, 6.07) is 13.8. The summed E-state index contributed by atoms with van der Waals surface area (Å²) in [7, 11) is 3.46. The lowest BCUT2D eigenvalue weighted by atomic mass is 10.1. The monoisotopic (exact) mass is 399 g/mol. The van der Waals surface area contributed by atoms with Crippen LogP contribution in [-0.2, 0) is 11.3 Å². The smallest absolute Gasteiger partial charge is 0.246 e. The van der Waals surface area contributed by atoms with Gasteiger partial charge in [0.1, 0.15) is 11.5 Å². The molecule has 0 heterocycles. The van der Waals surface area contributed by atoms with E-state index in [1.165, 1.54) is 0 Å². The van der Waals surface area contributed by atoms with E-state index in [1.54, 1.807) is 36.9 Å². The van der Waals surface area contributed by atoms with Gasteiger partial charge in [0.15, 0.2) is 0 Å². The minimum Gasteiger partial charge on any atom is -0.496 e. The van der Waals surface area contributed by atoms with Gasteiger partial charge in [-0.2, -0.15) is 0 Å². The molecule has 4 nitrogen and oxygen atoms in total. The Hall–Kier alpha value is -2.40. The molecule has 0 radical (unpaired) electrons. The number of rotatable bonds is 9. The highest BCUT2D eigenvalue weighted by Crippen LogP contribution is 2.28. The van der Waals surface area contributed by atoms with Gasteiger partial charge in [0.2, 0.25) is 5.91 Å². The van der Waals surface area contributed by atoms with Crippen molar-refractivity contribution in [2.24, 2.45) is 0 Å². The Morgan fingerprint density at radius 2 is 1.96 bits per heavy atom. The number of para-hydroxylation sites is 1. The van der Waals surface area contributed by atoms with Crippen LogP contribution in [-0.4, -0.2) is 37.3 Å². The van der Waals surface area contributed by atoms with E-state index in [-0.39, 0.29) is 12.0 Å². The number of likely N-dealkylation sites (N-methyl/N-ethyl adjacent to an activating group) is 1. The van der Waals surface area contributed by atoms with Crippen molar-refractivity contribution in [3.8, 4) is 11.5 Å². The Bertz CT molecular complexity index is 819. The average molecular weight is 400 g/mol. The summed E-state index contributed by atoms with van der Waals surface area (Å²) in [5, 5.41) is 0. The summed E-state index contributed by atoms with van der Waals surface area (Å²) in [5.74, 6) is 1.56. The molecule has 0 spiro atoms. The first-order chi connectivity index (χ1) is 13.5. The van der Waals surface area contributed by atoms with Crippen molar-refractivity contribution >= 4 is 23.7 Å². The zero-order valence-corrected chi connectivity index (χ0v) is 18.1. The van der Waals surface area contributed by atoms with Crippen molar-refractivity contribution in [1.29, 1.82) is 0 Å². The predicted octanol–water partition coefficient (Wildman–Crippen LogP) is 5.27. The molecule has 0 fully saturated rings. The molecule has 0 aliphatic heterocycles.